The molecule has 3 rings (SSSR count). The number of furan rings is 2. The van der Waals surface area contributed by atoms with E-state index >= 15 is 0 Å². The second-order valence-corrected chi connectivity index (χ2v) is 6.12. The number of hydrogen-bond acceptors (Lipinski definition) is 3. The second-order valence-electron chi connectivity index (χ2n) is 6.12. The van der Waals surface area contributed by atoms with Gasteiger partial charge in [0.15, 0.2) is 0 Å². The zero-order valence-corrected chi connectivity index (χ0v) is 13.8. The molecule has 23 heavy (non-hydrogen) atoms. The molecule has 120 valence electrons. The SMILES string of the molecule is CCC(C)C(CC)c1ccc(OC(=O)c2cc3ccc2o3)cc1. The minimum absolute atomic E-state index is 0.374. The quantitative estimate of drug-likeness (QED) is 0.437. The molecular formula is C20H22O3. The largest absolute Gasteiger partial charge is 0.456 e. The van der Waals surface area contributed by atoms with Crippen molar-refractivity contribution < 1.29 is 13.9 Å². The number of ether oxygens (including phenoxy) is 1. The van der Waals surface area contributed by atoms with Crippen LogP contribution in [0.4, 0.5) is 0 Å². The van der Waals surface area contributed by atoms with E-state index in [9.17, 15) is 4.79 Å². The summed E-state index contributed by atoms with van der Waals surface area (Å²) in [4.78, 5) is 12.2. The summed E-state index contributed by atoms with van der Waals surface area (Å²) in [6.45, 7) is 6.72. The van der Waals surface area contributed by atoms with Crippen LogP contribution >= 0.6 is 0 Å². The van der Waals surface area contributed by atoms with E-state index in [0.717, 1.165) is 12.8 Å². The summed E-state index contributed by atoms with van der Waals surface area (Å²) < 4.78 is 10.8. The lowest BCUT2D eigenvalue weighted by Gasteiger charge is -2.22. The van der Waals surface area contributed by atoms with Crippen molar-refractivity contribution in [3.8, 4) is 5.75 Å². The molecule has 3 heteroatoms. The maximum Gasteiger partial charge on any atom is 0.347 e. The van der Waals surface area contributed by atoms with Crippen LogP contribution in [-0.4, -0.2) is 5.97 Å². The number of carbonyl (C=O) groups excluding carboxylic acids is 1. The van der Waals surface area contributed by atoms with Gasteiger partial charge in [-0.25, -0.2) is 4.79 Å². The van der Waals surface area contributed by atoms with Crippen LogP contribution in [0, 0.1) is 5.92 Å². The topological polar surface area (TPSA) is 39.4 Å². The molecule has 2 heterocycles. The lowest BCUT2D eigenvalue weighted by atomic mass is 9.84. The van der Waals surface area contributed by atoms with Gasteiger partial charge in [-0.2, -0.15) is 0 Å². The number of carbonyl (C=O) groups is 1. The standard InChI is InChI=1S/C20H22O3/c1-4-13(3)17(5-2)14-6-8-15(9-7-14)23-20(21)18-12-16-10-11-19(18)22-16/h6-13,17H,4-5H2,1-3H3. The molecule has 0 radical (unpaired) electrons. The lowest BCUT2D eigenvalue weighted by molar-refractivity contribution is 0.0736. The zero-order chi connectivity index (χ0) is 16.4. The molecule has 2 aromatic heterocycles. The molecule has 0 aliphatic rings. The first-order chi connectivity index (χ1) is 11.1. The average Bonchev–Trinajstić information content (AvgIpc) is 3.20. The van der Waals surface area contributed by atoms with Gasteiger partial charge in [0, 0.05) is 0 Å². The van der Waals surface area contributed by atoms with Crippen LogP contribution in [0.15, 0.2) is 46.9 Å². The fourth-order valence-corrected chi connectivity index (χ4v) is 3.14. The summed E-state index contributed by atoms with van der Waals surface area (Å²) in [5, 5.41) is 0. The smallest absolute Gasteiger partial charge is 0.347 e. The van der Waals surface area contributed by atoms with Crippen molar-refractivity contribution in [2.24, 2.45) is 5.92 Å². The molecule has 0 aliphatic heterocycles. The van der Waals surface area contributed by atoms with Crippen LogP contribution in [0.3, 0.4) is 0 Å². The Balaban J connectivity index is 1.72. The highest BCUT2D eigenvalue weighted by Gasteiger charge is 2.18. The first kappa shape index (κ1) is 15.6. The fourth-order valence-electron chi connectivity index (χ4n) is 3.14. The van der Waals surface area contributed by atoms with E-state index in [-0.39, 0.29) is 5.97 Å². The molecular weight excluding hydrogens is 288 g/mol. The van der Waals surface area contributed by atoms with Crippen molar-refractivity contribution in [3.05, 3.63) is 53.6 Å². The third kappa shape index (κ3) is 3.09. The van der Waals surface area contributed by atoms with Gasteiger partial charge in [0.1, 0.15) is 22.5 Å². The average molecular weight is 310 g/mol. The first-order valence-electron chi connectivity index (χ1n) is 8.26. The number of benzene rings is 2. The Labute approximate surface area is 136 Å². The Morgan fingerprint density at radius 3 is 2.35 bits per heavy atom. The Hall–Kier alpha value is -2.29. The Bertz CT molecular complexity index is 769. The van der Waals surface area contributed by atoms with Gasteiger partial charge in [0.25, 0.3) is 0 Å². The summed E-state index contributed by atoms with van der Waals surface area (Å²) >= 11 is 0. The van der Waals surface area contributed by atoms with E-state index in [0.29, 0.717) is 34.3 Å². The Morgan fingerprint density at radius 2 is 1.83 bits per heavy atom. The van der Waals surface area contributed by atoms with Crippen LogP contribution in [0.1, 0.15) is 55.5 Å². The molecule has 2 bridgehead atoms. The van der Waals surface area contributed by atoms with Crippen molar-refractivity contribution in [1.82, 2.24) is 0 Å². The molecule has 2 unspecified atom stereocenters. The van der Waals surface area contributed by atoms with Crippen molar-refractivity contribution >= 4 is 17.1 Å². The number of hydrogen-bond donors (Lipinski definition) is 0. The molecule has 1 aromatic carbocycles. The lowest BCUT2D eigenvalue weighted by Crippen LogP contribution is -2.09. The van der Waals surface area contributed by atoms with E-state index in [1.807, 2.05) is 18.2 Å². The molecule has 0 saturated carbocycles. The van der Waals surface area contributed by atoms with Gasteiger partial charge in [-0.15, -0.1) is 0 Å². The second kappa shape index (κ2) is 6.45. The van der Waals surface area contributed by atoms with Gasteiger partial charge in [-0.3, -0.25) is 0 Å². The van der Waals surface area contributed by atoms with Gasteiger partial charge in [-0.05, 0) is 54.2 Å². The van der Waals surface area contributed by atoms with Gasteiger partial charge in [0.2, 0.25) is 0 Å². The highest BCUT2D eigenvalue weighted by Crippen LogP contribution is 2.31. The first-order valence-corrected chi connectivity index (χ1v) is 8.26. The molecule has 0 amide bonds. The van der Waals surface area contributed by atoms with E-state index < -0.39 is 0 Å². The predicted molar refractivity (Wildman–Crippen MR) is 91.3 cm³/mol. The van der Waals surface area contributed by atoms with Crippen LogP contribution in [0.2, 0.25) is 0 Å². The van der Waals surface area contributed by atoms with E-state index in [1.165, 1.54) is 5.56 Å². The monoisotopic (exact) mass is 310 g/mol. The summed E-state index contributed by atoms with van der Waals surface area (Å²) in [5.41, 5.74) is 3.06. The van der Waals surface area contributed by atoms with Gasteiger partial charge < -0.3 is 9.15 Å². The summed E-state index contributed by atoms with van der Waals surface area (Å²) in [6.07, 6.45) is 2.27. The van der Waals surface area contributed by atoms with Crippen molar-refractivity contribution in [2.45, 2.75) is 39.5 Å². The molecule has 0 aliphatic carbocycles. The van der Waals surface area contributed by atoms with Crippen LogP contribution in [0.5, 0.6) is 5.75 Å². The van der Waals surface area contributed by atoms with E-state index in [2.05, 4.69) is 32.9 Å². The molecule has 0 fully saturated rings. The van der Waals surface area contributed by atoms with Gasteiger partial charge >= 0.3 is 5.97 Å². The highest BCUT2D eigenvalue weighted by molar-refractivity contribution is 6.00. The minimum Gasteiger partial charge on any atom is -0.456 e. The number of rotatable bonds is 6. The van der Waals surface area contributed by atoms with Crippen molar-refractivity contribution in [3.63, 3.8) is 0 Å². The van der Waals surface area contributed by atoms with Crippen LogP contribution in [0.25, 0.3) is 11.2 Å². The Kier molecular flexibility index (Phi) is 4.37. The number of fused-ring (bicyclic) bond motifs is 2. The van der Waals surface area contributed by atoms with Crippen molar-refractivity contribution in [2.75, 3.05) is 0 Å². The zero-order valence-electron chi connectivity index (χ0n) is 13.8. The number of esters is 1. The minimum atomic E-state index is -0.374. The fraction of sp³-hybridized carbons (Fsp3) is 0.350. The summed E-state index contributed by atoms with van der Waals surface area (Å²) in [6, 6.07) is 13.2. The maximum atomic E-state index is 12.2. The molecule has 3 nitrogen and oxygen atoms in total. The predicted octanol–water partition coefficient (Wildman–Crippen LogP) is 5.63. The molecule has 0 N–H and O–H groups in total. The van der Waals surface area contributed by atoms with Gasteiger partial charge in [0.05, 0.1) is 0 Å². The van der Waals surface area contributed by atoms with Gasteiger partial charge in [-0.1, -0.05) is 39.3 Å². The molecule has 2 atom stereocenters. The summed E-state index contributed by atoms with van der Waals surface area (Å²) in [5.74, 6) is 1.38. The normalized spacial score (nSPS) is 14.0. The van der Waals surface area contributed by atoms with Crippen molar-refractivity contribution in [1.29, 1.82) is 0 Å². The molecule has 0 saturated heterocycles. The third-order valence-corrected chi connectivity index (χ3v) is 4.69. The van der Waals surface area contributed by atoms with E-state index in [1.54, 1.807) is 12.1 Å². The maximum absolute atomic E-state index is 12.2. The van der Waals surface area contributed by atoms with E-state index in [4.69, 9.17) is 9.15 Å². The third-order valence-electron chi connectivity index (χ3n) is 4.69. The molecule has 3 aromatic rings. The molecule has 0 spiro atoms. The van der Waals surface area contributed by atoms with Crippen LogP contribution < -0.4 is 4.74 Å². The summed E-state index contributed by atoms with van der Waals surface area (Å²) in [7, 11) is 0. The van der Waals surface area contributed by atoms with Crippen LogP contribution in [-0.2, 0) is 0 Å². The highest BCUT2D eigenvalue weighted by atomic mass is 16.5. The Morgan fingerprint density at radius 1 is 1.09 bits per heavy atom.